The molecule has 0 radical (unpaired) electrons. The Bertz CT molecular complexity index is 771. The fourth-order valence-electron chi connectivity index (χ4n) is 3.29. The number of piperidine rings is 1. The third-order valence-electron chi connectivity index (χ3n) is 4.89. The van der Waals surface area contributed by atoms with Crippen LogP contribution >= 0.6 is 0 Å². The first-order chi connectivity index (χ1) is 12.4. The Morgan fingerprint density at radius 3 is 2.42 bits per heavy atom. The van der Waals surface area contributed by atoms with Crippen LogP contribution in [0.1, 0.15) is 55.3 Å². The van der Waals surface area contributed by atoms with Crippen molar-refractivity contribution in [1.82, 2.24) is 9.62 Å². The Kier molecular flexibility index (Phi) is 5.62. The van der Waals surface area contributed by atoms with Gasteiger partial charge in [-0.15, -0.1) is 0 Å². The second kappa shape index (κ2) is 7.75. The molecule has 142 valence electrons. The smallest absolute Gasteiger partial charge is 0.303 e. The molecule has 8 heteroatoms. The Morgan fingerprint density at radius 1 is 1.12 bits per heavy atom. The molecule has 1 unspecified atom stereocenters. The van der Waals surface area contributed by atoms with Crippen LogP contribution in [0, 0.1) is 0 Å². The van der Waals surface area contributed by atoms with Crippen LogP contribution in [0.3, 0.4) is 0 Å². The number of amides is 1. The lowest BCUT2D eigenvalue weighted by Crippen LogP contribution is -2.44. The van der Waals surface area contributed by atoms with Crippen LogP contribution in [0.4, 0.5) is 0 Å². The first-order valence-electron chi connectivity index (χ1n) is 9.02. The lowest BCUT2D eigenvalue weighted by atomic mass is 9.97. The number of likely N-dealkylation sites (tertiary alicyclic amines) is 1. The number of hydrogen-bond acceptors (Lipinski definition) is 4. The van der Waals surface area contributed by atoms with Crippen LogP contribution in [0.2, 0.25) is 0 Å². The molecule has 1 amide bonds. The van der Waals surface area contributed by atoms with Crippen molar-refractivity contribution >= 4 is 21.9 Å². The van der Waals surface area contributed by atoms with Gasteiger partial charge in [0.1, 0.15) is 0 Å². The SMILES string of the molecule is O=C(O)CCC1CCCCN1C(=O)c1ccc(S(=O)(=O)NC2CC2)cc1. The van der Waals surface area contributed by atoms with E-state index in [9.17, 15) is 18.0 Å². The largest absolute Gasteiger partial charge is 0.481 e. The molecule has 1 aliphatic carbocycles. The summed E-state index contributed by atoms with van der Waals surface area (Å²) in [6, 6.07) is 5.93. The van der Waals surface area contributed by atoms with E-state index >= 15 is 0 Å². The molecule has 2 N–H and O–H groups in total. The Balaban J connectivity index is 1.70. The molecule has 2 aliphatic rings. The number of aliphatic carboxylic acids is 1. The molecule has 1 atom stereocenters. The maximum Gasteiger partial charge on any atom is 0.303 e. The van der Waals surface area contributed by atoms with E-state index in [-0.39, 0.29) is 29.3 Å². The molecule has 1 aliphatic heterocycles. The van der Waals surface area contributed by atoms with Crippen molar-refractivity contribution in [3.05, 3.63) is 29.8 Å². The lowest BCUT2D eigenvalue weighted by molar-refractivity contribution is -0.137. The van der Waals surface area contributed by atoms with E-state index in [1.807, 2.05) is 0 Å². The summed E-state index contributed by atoms with van der Waals surface area (Å²) in [5, 5.41) is 8.89. The predicted octanol–water partition coefficient (Wildman–Crippen LogP) is 1.99. The Hall–Kier alpha value is -1.93. The highest BCUT2D eigenvalue weighted by Gasteiger charge is 2.30. The zero-order chi connectivity index (χ0) is 18.7. The molecule has 1 aromatic carbocycles. The van der Waals surface area contributed by atoms with Crippen molar-refractivity contribution in [2.45, 2.75) is 61.9 Å². The van der Waals surface area contributed by atoms with E-state index in [2.05, 4.69) is 4.72 Å². The average molecular weight is 380 g/mol. The summed E-state index contributed by atoms with van der Waals surface area (Å²) in [4.78, 5) is 25.5. The van der Waals surface area contributed by atoms with Gasteiger partial charge in [-0.05, 0) is 62.8 Å². The van der Waals surface area contributed by atoms with Crippen molar-refractivity contribution in [2.24, 2.45) is 0 Å². The first kappa shape index (κ1) is 18.8. The number of carbonyl (C=O) groups excluding carboxylic acids is 1. The summed E-state index contributed by atoms with van der Waals surface area (Å²) in [6.45, 7) is 0.604. The molecule has 1 heterocycles. The second-order valence-electron chi connectivity index (χ2n) is 7.00. The van der Waals surface area contributed by atoms with Gasteiger partial charge in [0.25, 0.3) is 5.91 Å². The quantitative estimate of drug-likeness (QED) is 0.753. The van der Waals surface area contributed by atoms with Crippen molar-refractivity contribution in [3.8, 4) is 0 Å². The molecule has 1 saturated carbocycles. The van der Waals surface area contributed by atoms with Gasteiger partial charge in [-0.25, -0.2) is 13.1 Å². The molecule has 1 saturated heterocycles. The number of carboxylic acid groups (broad SMARTS) is 1. The number of benzene rings is 1. The van der Waals surface area contributed by atoms with E-state index in [4.69, 9.17) is 5.11 Å². The van der Waals surface area contributed by atoms with Gasteiger partial charge in [0.2, 0.25) is 10.0 Å². The van der Waals surface area contributed by atoms with Crippen LogP contribution < -0.4 is 4.72 Å². The number of rotatable bonds is 7. The summed E-state index contributed by atoms with van der Waals surface area (Å²) < 4.78 is 27.0. The normalized spacial score (nSPS) is 20.8. The Labute approximate surface area is 153 Å². The number of sulfonamides is 1. The minimum atomic E-state index is -3.53. The molecule has 7 nitrogen and oxygen atoms in total. The van der Waals surface area contributed by atoms with Gasteiger partial charge >= 0.3 is 5.97 Å². The Morgan fingerprint density at radius 2 is 1.81 bits per heavy atom. The van der Waals surface area contributed by atoms with Gasteiger partial charge in [-0.3, -0.25) is 9.59 Å². The summed E-state index contributed by atoms with van der Waals surface area (Å²) in [5.74, 6) is -1.03. The molecule has 26 heavy (non-hydrogen) atoms. The second-order valence-corrected chi connectivity index (χ2v) is 8.71. The van der Waals surface area contributed by atoms with Crippen LogP contribution in [0.25, 0.3) is 0 Å². The number of hydrogen-bond donors (Lipinski definition) is 2. The highest BCUT2D eigenvalue weighted by atomic mass is 32.2. The maximum absolute atomic E-state index is 12.8. The average Bonchev–Trinajstić information content (AvgIpc) is 3.43. The molecule has 2 fully saturated rings. The fraction of sp³-hybridized carbons (Fsp3) is 0.556. The van der Waals surface area contributed by atoms with Gasteiger partial charge in [0, 0.05) is 30.6 Å². The monoisotopic (exact) mass is 380 g/mol. The number of carbonyl (C=O) groups is 2. The molecule has 0 spiro atoms. The molecule has 3 rings (SSSR count). The third-order valence-corrected chi connectivity index (χ3v) is 6.43. The number of carboxylic acids is 1. The van der Waals surface area contributed by atoms with Crippen LogP contribution in [-0.4, -0.2) is 48.9 Å². The molecular weight excluding hydrogens is 356 g/mol. The topological polar surface area (TPSA) is 104 Å². The van der Waals surface area contributed by atoms with Crippen molar-refractivity contribution in [3.63, 3.8) is 0 Å². The summed E-state index contributed by atoms with van der Waals surface area (Å²) in [7, 11) is -3.53. The van der Waals surface area contributed by atoms with Crippen molar-refractivity contribution in [1.29, 1.82) is 0 Å². The summed E-state index contributed by atoms with van der Waals surface area (Å²) in [6.07, 6.45) is 4.89. The molecule has 0 aromatic heterocycles. The van der Waals surface area contributed by atoms with E-state index in [1.54, 1.807) is 4.90 Å². The van der Waals surface area contributed by atoms with Gasteiger partial charge < -0.3 is 10.0 Å². The first-order valence-corrected chi connectivity index (χ1v) is 10.5. The van der Waals surface area contributed by atoms with Gasteiger partial charge in [0.15, 0.2) is 0 Å². The van der Waals surface area contributed by atoms with Crippen LogP contribution in [0.15, 0.2) is 29.2 Å². The zero-order valence-corrected chi connectivity index (χ0v) is 15.4. The van der Waals surface area contributed by atoms with E-state index in [0.29, 0.717) is 18.5 Å². The predicted molar refractivity (Wildman–Crippen MR) is 95.3 cm³/mol. The van der Waals surface area contributed by atoms with Crippen LogP contribution in [0.5, 0.6) is 0 Å². The zero-order valence-electron chi connectivity index (χ0n) is 14.6. The molecule has 1 aromatic rings. The maximum atomic E-state index is 12.8. The molecular formula is C18H24N2O5S. The number of nitrogens with zero attached hydrogens (tertiary/aromatic N) is 1. The summed E-state index contributed by atoms with van der Waals surface area (Å²) in [5.41, 5.74) is 0.428. The standard InChI is InChI=1S/C18H24N2O5S/c21-17(22)11-8-15-3-1-2-12-20(15)18(23)13-4-9-16(10-5-13)26(24,25)19-14-6-7-14/h4-5,9-10,14-15,19H,1-3,6-8,11-12H2,(H,21,22). The number of nitrogens with one attached hydrogen (secondary N) is 1. The van der Waals surface area contributed by atoms with Gasteiger partial charge in [0.05, 0.1) is 4.90 Å². The van der Waals surface area contributed by atoms with E-state index in [1.165, 1.54) is 24.3 Å². The van der Waals surface area contributed by atoms with Crippen molar-refractivity contribution in [2.75, 3.05) is 6.54 Å². The van der Waals surface area contributed by atoms with Gasteiger partial charge in [-0.2, -0.15) is 0 Å². The van der Waals surface area contributed by atoms with E-state index in [0.717, 1.165) is 32.1 Å². The minimum absolute atomic E-state index is 0.0321. The highest BCUT2D eigenvalue weighted by molar-refractivity contribution is 7.89. The lowest BCUT2D eigenvalue weighted by Gasteiger charge is -2.35. The van der Waals surface area contributed by atoms with E-state index < -0.39 is 16.0 Å². The fourth-order valence-corrected chi connectivity index (χ4v) is 4.59. The van der Waals surface area contributed by atoms with Crippen molar-refractivity contribution < 1.29 is 23.1 Å². The summed E-state index contributed by atoms with van der Waals surface area (Å²) >= 11 is 0. The third kappa shape index (κ3) is 4.62. The highest BCUT2D eigenvalue weighted by Crippen LogP contribution is 2.25. The minimum Gasteiger partial charge on any atom is -0.481 e. The van der Waals surface area contributed by atoms with Gasteiger partial charge in [-0.1, -0.05) is 0 Å². The molecule has 0 bridgehead atoms. The van der Waals surface area contributed by atoms with Crippen LogP contribution in [-0.2, 0) is 14.8 Å².